The fourth-order valence-corrected chi connectivity index (χ4v) is 3.20. The summed E-state index contributed by atoms with van der Waals surface area (Å²) < 4.78 is 2.03. The molecule has 0 spiro atoms. The summed E-state index contributed by atoms with van der Waals surface area (Å²) in [6, 6.07) is 7.55. The Labute approximate surface area is 145 Å². The minimum absolute atomic E-state index is 0.0545. The number of nitrogens with zero attached hydrogens (tertiary/aromatic N) is 6. The molecule has 1 aliphatic rings. The number of anilines is 1. The number of aryl methyl sites for hydroxylation is 2. The van der Waals surface area contributed by atoms with E-state index in [1.165, 1.54) is 0 Å². The number of fused-ring (bicyclic) bond motifs is 1. The zero-order chi connectivity index (χ0) is 17.4. The van der Waals surface area contributed by atoms with Crippen molar-refractivity contribution in [3.63, 3.8) is 0 Å². The molecule has 0 unspecified atom stereocenters. The van der Waals surface area contributed by atoms with E-state index in [-0.39, 0.29) is 5.91 Å². The summed E-state index contributed by atoms with van der Waals surface area (Å²) in [7, 11) is 1.98. The molecule has 128 valence electrons. The Morgan fingerprint density at radius 3 is 2.52 bits per heavy atom. The zero-order valence-electron chi connectivity index (χ0n) is 14.4. The Morgan fingerprint density at radius 1 is 1.08 bits per heavy atom. The van der Waals surface area contributed by atoms with E-state index in [1.54, 1.807) is 18.5 Å². The molecule has 1 amide bonds. The molecule has 0 bridgehead atoms. The molecule has 1 fully saturated rings. The van der Waals surface area contributed by atoms with Crippen LogP contribution in [0.15, 0.2) is 36.7 Å². The maximum absolute atomic E-state index is 12.8. The second-order valence-corrected chi connectivity index (χ2v) is 6.25. The summed E-state index contributed by atoms with van der Waals surface area (Å²) in [6.45, 7) is 4.76. The van der Waals surface area contributed by atoms with Crippen molar-refractivity contribution in [2.45, 2.75) is 6.92 Å². The number of benzene rings is 1. The number of carbonyl (C=O) groups is 1. The van der Waals surface area contributed by atoms with Gasteiger partial charge in [-0.15, -0.1) is 0 Å². The number of hydrogen-bond acceptors (Lipinski definition) is 5. The van der Waals surface area contributed by atoms with E-state index < -0.39 is 0 Å². The first kappa shape index (κ1) is 15.6. The van der Waals surface area contributed by atoms with Gasteiger partial charge in [-0.05, 0) is 31.2 Å². The molecule has 1 aliphatic heterocycles. The van der Waals surface area contributed by atoms with Gasteiger partial charge in [0.15, 0.2) is 0 Å². The number of imidazole rings is 1. The zero-order valence-corrected chi connectivity index (χ0v) is 14.4. The maximum atomic E-state index is 12.8. The first-order chi connectivity index (χ1) is 12.1. The predicted molar refractivity (Wildman–Crippen MR) is 95.6 cm³/mol. The van der Waals surface area contributed by atoms with Crippen LogP contribution >= 0.6 is 0 Å². The average Bonchev–Trinajstić information content (AvgIpc) is 2.95. The summed E-state index contributed by atoms with van der Waals surface area (Å²) in [5.41, 5.74) is 2.59. The van der Waals surface area contributed by atoms with Crippen LogP contribution in [-0.4, -0.2) is 56.5 Å². The van der Waals surface area contributed by atoms with Crippen LogP contribution in [0.25, 0.3) is 11.0 Å². The Morgan fingerprint density at radius 2 is 1.80 bits per heavy atom. The highest BCUT2D eigenvalue weighted by atomic mass is 16.2. The summed E-state index contributed by atoms with van der Waals surface area (Å²) in [6.07, 6.45) is 3.48. The van der Waals surface area contributed by atoms with Crippen LogP contribution in [0, 0.1) is 6.92 Å². The van der Waals surface area contributed by atoms with Gasteiger partial charge in [-0.2, -0.15) is 0 Å². The molecule has 7 heteroatoms. The Kier molecular flexibility index (Phi) is 3.83. The van der Waals surface area contributed by atoms with Gasteiger partial charge in [-0.25, -0.2) is 15.0 Å². The molecule has 0 radical (unpaired) electrons. The number of hydrogen-bond donors (Lipinski definition) is 0. The van der Waals surface area contributed by atoms with Crippen molar-refractivity contribution >= 4 is 22.9 Å². The van der Waals surface area contributed by atoms with E-state index in [0.29, 0.717) is 18.7 Å². The SMILES string of the molecule is Cc1nc2cc(C(=O)N3CCN(c4ncccn4)CC3)ccc2n1C. The second kappa shape index (κ2) is 6.16. The van der Waals surface area contributed by atoms with Gasteiger partial charge in [0.05, 0.1) is 11.0 Å². The first-order valence-corrected chi connectivity index (χ1v) is 8.38. The van der Waals surface area contributed by atoms with Crippen molar-refractivity contribution in [2.24, 2.45) is 7.05 Å². The van der Waals surface area contributed by atoms with Crippen molar-refractivity contribution in [3.8, 4) is 0 Å². The molecule has 2 aromatic heterocycles. The van der Waals surface area contributed by atoms with Crippen LogP contribution in [0.1, 0.15) is 16.2 Å². The Bertz CT molecular complexity index is 912. The number of amides is 1. The average molecular weight is 336 g/mol. The molecule has 0 atom stereocenters. The van der Waals surface area contributed by atoms with Crippen molar-refractivity contribution in [1.29, 1.82) is 0 Å². The lowest BCUT2D eigenvalue weighted by Crippen LogP contribution is -2.49. The molecule has 1 saturated heterocycles. The van der Waals surface area contributed by atoms with Crippen molar-refractivity contribution in [2.75, 3.05) is 31.1 Å². The number of rotatable bonds is 2. The van der Waals surface area contributed by atoms with E-state index in [0.717, 1.165) is 35.9 Å². The molecule has 25 heavy (non-hydrogen) atoms. The van der Waals surface area contributed by atoms with Gasteiger partial charge in [0.1, 0.15) is 5.82 Å². The summed E-state index contributed by atoms with van der Waals surface area (Å²) in [5.74, 6) is 1.72. The van der Waals surface area contributed by atoms with Crippen LogP contribution in [0.3, 0.4) is 0 Å². The molecule has 1 aromatic carbocycles. The van der Waals surface area contributed by atoms with E-state index in [4.69, 9.17) is 0 Å². The lowest BCUT2D eigenvalue weighted by molar-refractivity contribution is 0.0746. The fourth-order valence-electron chi connectivity index (χ4n) is 3.20. The first-order valence-electron chi connectivity index (χ1n) is 8.38. The van der Waals surface area contributed by atoms with Gasteiger partial charge < -0.3 is 14.4 Å². The molecular weight excluding hydrogens is 316 g/mol. The fraction of sp³-hybridized carbons (Fsp3) is 0.333. The van der Waals surface area contributed by atoms with Crippen LogP contribution < -0.4 is 4.90 Å². The Hall–Kier alpha value is -2.96. The van der Waals surface area contributed by atoms with Crippen molar-refractivity contribution in [1.82, 2.24) is 24.4 Å². The number of aromatic nitrogens is 4. The van der Waals surface area contributed by atoms with Gasteiger partial charge in [0.25, 0.3) is 5.91 Å². The monoisotopic (exact) mass is 336 g/mol. The smallest absolute Gasteiger partial charge is 0.254 e. The maximum Gasteiger partial charge on any atom is 0.254 e. The molecule has 0 aliphatic carbocycles. The van der Waals surface area contributed by atoms with Gasteiger partial charge in [-0.1, -0.05) is 0 Å². The summed E-state index contributed by atoms with van der Waals surface area (Å²) >= 11 is 0. The minimum atomic E-state index is 0.0545. The normalized spacial score (nSPS) is 15.0. The van der Waals surface area contributed by atoms with Gasteiger partial charge in [-0.3, -0.25) is 4.79 Å². The lowest BCUT2D eigenvalue weighted by atomic mass is 10.1. The molecule has 3 aromatic rings. The minimum Gasteiger partial charge on any atom is -0.337 e. The molecule has 4 rings (SSSR count). The molecular formula is C18H20N6O. The largest absolute Gasteiger partial charge is 0.337 e. The second-order valence-electron chi connectivity index (χ2n) is 6.25. The standard InChI is InChI=1S/C18H20N6O/c1-13-21-15-12-14(4-5-16(15)22(13)2)17(25)23-8-10-24(11-9-23)18-19-6-3-7-20-18/h3-7,12H,8-11H2,1-2H3. The van der Waals surface area contributed by atoms with Crippen LogP contribution in [-0.2, 0) is 7.05 Å². The predicted octanol–water partition coefficient (Wildman–Crippen LogP) is 1.63. The van der Waals surface area contributed by atoms with E-state index in [9.17, 15) is 4.79 Å². The van der Waals surface area contributed by atoms with Gasteiger partial charge >= 0.3 is 0 Å². The summed E-state index contributed by atoms with van der Waals surface area (Å²) in [5, 5.41) is 0. The molecule has 7 nitrogen and oxygen atoms in total. The molecule has 0 saturated carbocycles. The van der Waals surface area contributed by atoms with E-state index in [2.05, 4.69) is 19.9 Å². The number of piperazine rings is 1. The third-order valence-corrected chi connectivity index (χ3v) is 4.75. The highest BCUT2D eigenvalue weighted by molar-refractivity contribution is 5.97. The third-order valence-electron chi connectivity index (χ3n) is 4.75. The Balaban J connectivity index is 1.49. The van der Waals surface area contributed by atoms with E-state index >= 15 is 0 Å². The highest BCUT2D eigenvalue weighted by Gasteiger charge is 2.23. The van der Waals surface area contributed by atoms with Crippen molar-refractivity contribution < 1.29 is 4.79 Å². The quantitative estimate of drug-likeness (QED) is 0.712. The third kappa shape index (κ3) is 2.82. The van der Waals surface area contributed by atoms with E-state index in [1.807, 2.05) is 41.6 Å². The van der Waals surface area contributed by atoms with Crippen LogP contribution in [0.2, 0.25) is 0 Å². The van der Waals surface area contributed by atoms with Crippen LogP contribution in [0.5, 0.6) is 0 Å². The number of carbonyl (C=O) groups excluding carboxylic acids is 1. The lowest BCUT2D eigenvalue weighted by Gasteiger charge is -2.34. The highest BCUT2D eigenvalue weighted by Crippen LogP contribution is 2.18. The van der Waals surface area contributed by atoms with Crippen LogP contribution in [0.4, 0.5) is 5.95 Å². The van der Waals surface area contributed by atoms with Crippen molar-refractivity contribution in [3.05, 3.63) is 48.0 Å². The topological polar surface area (TPSA) is 67.2 Å². The van der Waals surface area contributed by atoms with Gasteiger partial charge in [0, 0.05) is 51.2 Å². The summed E-state index contributed by atoms with van der Waals surface area (Å²) in [4.78, 5) is 29.9. The molecule has 3 heterocycles. The van der Waals surface area contributed by atoms with Gasteiger partial charge in [0.2, 0.25) is 5.95 Å². The molecule has 0 N–H and O–H groups in total.